The number of benzene rings is 1. The first-order chi connectivity index (χ1) is 10.0. The zero-order valence-electron chi connectivity index (χ0n) is 11.0. The number of carboxylic acid groups (broad SMARTS) is 1. The molecule has 2 rings (SSSR count). The molecule has 0 saturated carbocycles. The molecule has 2 N–H and O–H groups in total. The van der Waals surface area contributed by atoms with Crippen LogP contribution in [0, 0.1) is 23.2 Å². The highest BCUT2D eigenvalue weighted by Crippen LogP contribution is 2.28. The van der Waals surface area contributed by atoms with Gasteiger partial charge < -0.3 is 10.4 Å². The lowest BCUT2D eigenvalue weighted by Crippen LogP contribution is -2.34. The quantitative estimate of drug-likeness (QED) is 0.821. The molecule has 0 heterocycles. The van der Waals surface area contributed by atoms with E-state index in [2.05, 4.69) is 21.2 Å². The number of hydrogen-bond donors (Lipinski definition) is 2. The summed E-state index contributed by atoms with van der Waals surface area (Å²) in [6, 6.07) is 6.93. The fourth-order valence-electron chi connectivity index (χ4n) is 2.32. The molecule has 0 aliphatic heterocycles. The molecule has 0 aromatic heterocycles. The second-order valence-electron chi connectivity index (χ2n) is 4.78. The summed E-state index contributed by atoms with van der Waals surface area (Å²) in [6.45, 7) is 0. The van der Waals surface area contributed by atoms with E-state index in [1.54, 1.807) is 24.3 Å². The van der Waals surface area contributed by atoms with E-state index in [-0.39, 0.29) is 5.91 Å². The van der Waals surface area contributed by atoms with E-state index in [9.17, 15) is 14.7 Å². The van der Waals surface area contributed by atoms with Gasteiger partial charge in [-0.15, -0.1) is 0 Å². The van der Waals surface area contributed by atoms with Gasteiger partial charge in [-0.05, 0) is 31.0 Å². The Morgan fingerprint density at radius 1 is 1.29 bits per heavy atom. The first-order valence-corrected chi connectivity index (χ1v) is 7.20. The van der Waals surface area contributed by atoms with Crippen LogP contribution in [0.1, 0.15) is 18.4 Å². The van der Waals surface area contributed by atoms with Crippen molar-refractivity contribution in [2.24, 2.45) is 11.8 Å². The molecule has 5 nitrogen and oxygen atoms in total. The van der Waals surface area contributed by atoms with Crippen molar-refractivity contribution in [3.05, 3.63) is 40.4 Å². The van der Waals surface area contributed by atoms with E-state index in [0.717, 1.165) is 4.47 Å². The Kier molecular flexibility index (Phi) is 4.76. The predicted molar refractivity (Wildman–Crippen MR) is 80.5 cm³/mol. The largest absolute Gasteiger partial charge is 0.481 e. The number of carbonyl (C=O) groups is 2. The lowest BCUT2D eigenvalue weighted by molar-refractivity contribution is -0.146. The van der Waals surface area contributed by atoms with Gasteiger partial charge in [0.25, 0.3) is 0 Å². The molecule has 1 aliphatic rings. The maximum absolute atomic E-state index is 12.3. The van der Waals surface area contributed by atoms with Crippen LogP contribution in [-0.2, 0) is 9.59 Å². The van der Waals surface area contributed by atoms with Crippen LogP contribution in [0.3, 0.4) is 0 Å². The van der Waals surface area contributed by atoms with Crippen LogP contribution < -0.4 is 5.32 Å². The average Bonchev–Trinajstić information content (AvgIpc) is 2.47. The maximum atomic E-state index is 12.3. The van der Waals surface area contributed by atoms with Crippen LogP contribution >= 0.6 is 15.9 Å². The standard InChI is InChI=1S/C15H13BrN2O3/c16-10-6-5-9(8-17)13(7-10)18-14(19)11-3-1-2-4-12(11)15(20)21/h1-2,5-7,11-12H,3-4H2,(H,18,19)(H,20,21)/t11-,12+/m1/s1. The third-order valence-electron chi connectivity index (χ3n) is 3.45. The van der Waals surface area contributed by atoms with Crippen molar-refractivity contribution in [2.45, 2.75) is 12.8 Å². The minimum atomic E-state index is -0.978. The van der Waals surface area contributed by atoms with E-state index >= 15 is 0 Å². The summed E-state index contributed by atoms with van der Waals surface area (Å²) in [6.07, 6.45) is 4.33. The normalized spacial score (nSPS) is 20.6. The van der Waals surface area contributed by atoms with Gasteiger partial charge >= 0.3 is 5.97 Å². The molecule has 6 heteroatoms. The third kappa shape index (κ3) is 3.50. The van der Waals surface area contributed by atoms with E-state index in [1.807, 2.05) is 12.1 Å². The van der Waals surface area contributed by atoms with E-state index in [0.29, 0.717) is 24.1 Å². The number of carbonyl (C=O) groups excluding carboxylic acids is 1. The molecule has 1 amide bonds. The van der Waals surface area contributed by atoms with Gasteiger partial charge in [0.15, 0.2) is 0 Å². The number of anilines is 1. The molecule has 0 bridgehead atoms. The van der Waals surface area contributed by atoms with Crippen molar-refractivity contribution in [1.82, 2.24) is 0 Å². The van der Waals surface area contributed by atoms with Crippen LogP contribution in [0.2, 0.25) is 0 Å². The number of amides is 1. The van der Waals surface area contributed by atoms with Crippen LogP contribution in [0.15, 0.2) is 34.8 Å². The third-order valence-corrected chi connectivity index (χ3v) is 3.94. The summed E-state index contributed by atoms with van der Waals surface area (Å²) < 4.78 is 0.732. The van der Waals surface area contributed by atoms with E-state index in [4.69, 9.17) is 5.26 Å². The Labute approximate surface area is 130 Å². The van der Waals surface area contributed by atoms with Crippen molar-refractivity contribution in [1.29, 1.82) is 5.26 Å². The molecule has 0 spiro atoms. The van der Waals surface area contributed by atoms with Crippen molar-refractivity contribution in [2.75, 3.05) is 5.32 Å². The van der Waals surface area contributed by atoms with Crippen LogP contribution in [0.4, 0.5) is 5.69 Å². The van der Waals surface area contributed by atoms with Crippen LogP contribution in [0.25, 0.3) is 0 Å². The number of hydrogen-bond acceptors (Lipinski definition) is 3. The van der Waals surface area contributed by atoms with Crippen molar-refractivity contribution in [3.8, 4) is 6.07 Å². The SMILES string of the molecule is N#Cc1ccc(Br)cc1NC(=O)[C@@H]1CC=CC[C@@H]1C(=O)O. The number of allylic oxidation sites excluding steroid dienone is 2. The van der Waals surface area contributed by atoms with Gasteiger partial charge in [-0.25, -0.2) is 0 Å². The Balaban J connectivity index is 2.21. The van der Waals surface area contributed by atoms with Crippen molar-refractivity contribution >= 4 is 33.5 Å². The van der Waals surface area contributed by atoms with Crippen LogP contribution in [0.5, 0.6) is 0 Å². The van der Waals surface area contributed by atoms with E-state index in [1.165, 1.54) is 0 Å². The zero-order chi connectivity index (χ0) is 15.4. The number of carboxylic acids is 1. The smallest absolute Gasteiger partial charge is 0.307 e. The molecule has 2 atom stereocenters. The highest BCUT2D eigenvalue weighted by molar-refractivity contribution is 9.10. The fraction of sp³-hybridized carbons (Fsp3) is 0.267. The van der Waals surface area contributed by atoms with Gasteiger partial charge in [-0.1, -0.05) is 28.1 Å². The lowest BCUT2D eigenvalue weighted by atomic mass is 9.82. The molecule has 108 valence electrons. The van der Waals surface area contributed by atoms with Gasteiger partial charge in [0.1, 0.15) is 6.07 Å². The van der Waals surface area contributed by atoms with Gasteiger partial charge in [0.2, 0.25) is 5.91 Å². The second kappa shape index (κ2) is 6.55. The Hall–Kier alpha value is -2.13. The number of nitrogens with one attached hydrogen (secondary N) is 1. The number of aliphatic carboxylic acids is 1. The number of nitriles is 1. The molecule has 0 unspecified atom stereocenters. The number of halogens is 1. The molecule has 1 aromatic rings. The first kappa shape index (κ1) is 15.3. The van der Waals surface area contributed by atoms with Crippen molar-refractivity contribution in [3.63, 3.8) is 0 Å². The lowest BCUT2D eigenvalue weighted by Gasteiger charge is -2.24. The Morgan fingerprint density at radius 2 is 1.95 bits per heavy atom. The Morgan fingerprint density at radius 3 is 2.57 bits per heavy atom. The topological polar surface area (TPSA) is 90.2 Å². The van der Waals surface area contributed by atoms with Crippen molar-refractivity contribution < 1.29 is 14.7 Å². The van der Waals surface area contributed by atoms with Crippen LogP contribution in [-0.4, -0.2) is 17.0 Å². The molecule has 1 aliphatic carbocycles. The summed E-state index contributed by atoms with van der Waals surface area (Å²) in [7, 11) is 0. The van der Waals surface area contributed by atoms with Gasteiger partial charge in [0.05, 0.1) is 23.1 Å². The molecule has 0 radical (unpaired) electrons. The summed E-state index contributed by atoms with van der Waals surface area (Å²) in [5, 5.41) is 20.9. The summed E-state index contributed by atoms with van der Waals surface area (Å²) in [4.78, 5) is 23.6. The fourth-order valence-corrected chi connectivity index (χ4v) is 2.68. The highest BCUT2D eigenvalue weighted by atomic mass is 79.9. The minimum absolute atomic E-state index is 0.338. The maximum Gasteiger partial charge on any atom is 0.307 e. The number of rotatable bonds is 3. The summed E-state index contributed by atoms with van der Waals surface area (Å²) in [5.74, 6) is -2.71. The molecule has 0 fully saturated rings. The van der Waals surface area contributed by atoms with Gasteiger partial charge in [-0.2, -0.15) is 5.26 Å². The first-order valence-electron chi connectivity index (χ1n) is 6.41. The van der Waals surface area contributed by atoms with Gasteiger partial charge in [0, 0.05) is 4.47 Å². The molecular weight excluding hydrogens is 336 g/mol. The molecule has 21 heavy (non-hydrogen) atoms. The molecule has 0 saturated heterocycles. The average molecular weight is 349 g/mol. The second-order valence-corrected chi connectivity index (χ2v) is 5.70. The Bertz CT molecular complexity index is 649. The molecular formula is C15H13BrN2O3. The monoisotopic (exact) mass is 348 g/mol. The number of nitrogens with zero attached hydrogens (tertiary/aromatic N) is 1. The van der Waals surface area contributed by atoms with Gasteiger partial charge in [-0.3, -0.25) is 9.59 Å². The molecule has 1 aromatic carbocycles. The zero-order valence-corrected chi connectivity index (χ0v) is 12.6. The minimum Gasteiger partial charge on any atom is -0.481 e. The van der Waals surface area contributed by atoms with E-state index < -0.39 is 17.8 Å². The summed E-state index contributed by atoms with van der Waals surface area (Å²) >= 11 is 3.28. The predicted octanol–water partition coefficient (Wildman–Crippen LogP) is 2.93. The highest BCUT2D eigenvalue weighted by Gasteiger charge is 2.34. The summed E-state index contributed by atoms with van der Waals surface area (Å²) in [5.41, 5.74) is 0.723.